The third kappa shape index (κ3) is 5.20. The van der Waals surface area contributed by atoms with Crippen molar-refractivity contribution in [3.8, 4) is 17.2 Å². The van der Waals surface area contributed by atoms with Crippen molar-refractivity contribution >= 4 is 0 Å². The topological polar surface area (TPSA) is 27.7 Å². The summed E-state index contributed by atoms with van der Waals surface area (Å²) in [6, 6.07) is 15.8. The van der Waals surface area contributed by atoms with Gasteiger partial charge in [0.1, 0.15) is 18.5 Å². The van der Waals surface area contributed by atoms with Crippen LogP contribution in [-0.2, 0) is 0 Å². The summed E-state index contributed by atoms with van der Waals surface area (Å²) in [5.41, 5.74) is 1.14. The third-order valence-electron chi connectivity index (χ3n) is 3.58. The molecule has 23 heavy (non-hydrogen) atoms. The summed E-state index contributed by atoms with van der Waals surface area (Å²) in [4.78, 5) is 0. The second-order valence-corrected chi connectivity index (χ2v) is 5.52. The van der Waals surface area contributed by atoms with Crippen LogP contribution in [0.3, 0.4) is 0 Å². The van der Waals surface area contributed by atoms with Crippen molar-refractivity contribution < 1.29 is 14.2 Å². The third-order valence-corrected chi connectivity index (χ3v) is 3.58. The molecule has 2 rings (SSSR count). The number of rotatable bonds is 9. The molecule has 2 aromatic rings. The Labute approximate surface area is 139 Å². The van der Waals surface area contributed by atoms with E-state index in [9.17, 15) is 0 Å². The van der Waals surface area contributed by atoms with Crippen molar-refractivity contribution in [2.75, 3.05) is 13.2 Å². The molecule has 1 atom stereocenters. The zero-order chi connectivity index (χ0) is 16.5. The molecule has 0 aliphatic heterocycles. The maximum Gasteiger partial charge on any atom is 0.161 e. The first-order valence-corrected chi connectivity index (χ1v) is 8.31. The minimum Gasteiger partial charge on any atom is -0.490 e. The standard InChI is InChI=1S/C20H26O3/c1-4-14-21-19-12-8-9-13-20(19)22-15-17(5-2)23-18-11-7-6-10-16(18)3/h6-13,17H,4-5,14-15H2,1-3H3. The molecular weight excluding hydrogens is 288 g/mol. The average molecular weight is 314 g/mol. The van der Waals surface area contributed by atoms with Gasteiger partial charge >= 0.3 is 0 Å². The molecular formula is C20H26O3. The van der Waals surface area contributed by atoms with Gasteiger partial charge in [-0.3, -0.25) is 0 Å². The van der Waals surface area contributed by atoms with Gasteiger partial charge in [0.05, 0.1) is 6.61 Å². The van der Waals surface area contributed by atoms with E-state index >= 15 is 0 Å². The molecule has 3 nitrogen and oxygen atoms in total. The van der Waals surface area contributed by atoms with Crippen LogP contribution in [0.4, 0.5) is 0 Å². The minimum atomic E-state index is 0.00957. The number of hydrogen-bond donors (Lipinski definition) is 0. The van der Waals surface area contributed by atoms with Crippen molar-refractivity contribution in [3.63, 3.8) is 0 Å². The van der Waals surface area contributed by atoms with E-state index in [4.69, 9.17) is 14.2 Å². The Hall–Kier alpha value is -2.16. The van der Waals surface area contributed by atoms with Crippen molar-refractivity contribution in [2.24, 2.45) is 0 Å². The largest absolute Gasteiger partial charge is 0.490 e. The zero-order valence-electron chi connectivity index (χ0n) is 14.2. The molecule has 0 radical (unpaired) electrons. The van der Waals surface area contributed by atoms with Crippen LogP contribution in [0.1, 0.15) is 32.3 Å². The van der Waals surface area contributed by atoms with Crippen molar-refractivity contribution in [1.82, 2.24) is 0 Å². The van der Waals surface area contributed by atoms with E-state index in [-0.39, 0.29) is 6.10 Å². The molecule has 3 heteroatoms. The molecule has 1 unspecified atom stereocenters. The van der Waals surface area contributed by atoms with Gasteiger partial charge in [0, 0.05) is 0 Å². The van der Waals surface area contributed by atoms with Crippen LogP contribution < -0.4 is 14.2 Å². The zero-order valence-corrected chi connectivity index (χ0v) is 14.2. The highest BCUT2D eigenvalue weighted by atomic mass is 16.5. The molecule has 2 aromatic carbocycles. The summed E-state index contributed by atoms with van der Waals surface area (Å²) in [6.45, 7) is 7.43. The van der Waals surface area contributed by atoms with Gasteiger partial charge in [-0.2, -0.15) is 0 Å². The highest BCUT2D eigenvalue weighted by Crippen LogP contribution is 2.27. The van der Waals surface area contributed by atoms with Crippen molar-refractivity contribution in [1.29, 1.82) is 0 Å². The van der Waals surface area contributed by atoms with Crippen LogP contribution in [0, 0.1) is 6.92 Å². The first kappa shape index (κ1) is 17.2. The van der Waals surface area contributed by atoms with Gasteiger partial charge < -0.3 is 14.2 Å². The van der Waals surface area contributed by atoms with Crippen molar-refractivity contribution in [2.45, 2.75) is 39.7 Å². The fraction of sp³-hybridized carbons (Fsp3) is 0.400. The summed E-state index contributed by atoms with van der Waals surface area (Å²) in [7, 11) is 0. The van der Waals surface area contributed by atoms with Crippen LogP contribution in [0.2, 0.25) is 0 Å². The van der Waals surface area contributed by atoms with Gasteiger partial charge in [-0.25, -0.2) is 0 Å². The summed E-state index contributed by atoms with van der Waals surface area (Å²) in [5, 5.41) is 0. The van der Waals surface area contributed by atoms with E-state index in [0.717, 1.165) is 35.7 Å². The molecule has 0 amide bonds. The van der Waals surface area contributed by atoms with E-state index in [0.29, 0.717) is 13.2 Å². The number of hydrogen-bond acceptors (Lipinski definition) is 3. The maximum atomic E-state index is 6.07. The van der Waals surface area contributed by atoms with Crippen LogP contribution >= 0.6 is 0 Å². The Bertz CT molecular complexity index is 595. The average Bonchev–Trinajstić information content (AvgIpc) is 2.59. The molecule has 0 heterocycles. The maximum absolute atomic E-state index is 6.07. The number of benzene rings is 2. The number of aryl methyl sites for hydroxylation is 1. The monoisotopic (exact) mass is 314 g/mol. The van der Waals surface area contributed by atoms with Gasteiger partial charge in [-0.05, 0) is 43.5 Å². The van der Waals surface area contributed by atoms with E-state index in [1.807, 2.05) is 42.5 Å². The lowest BCUT2D eigenvalue weighted by Crippen LogP contribution is -2.24. The molecule has 0 N–H and O–H groups in total. The molecule has 0 aliphatic carbocycles. The lowest BCUT2D eigenvalue weighted by molar-refractivity contribution is 0.121. The van der Waals surface area contributed by atoms with Gasteiger partial charge in [0.2, 0.25) is 0 Å². The fourth-order valence-electron chi connectivity index (χ4n) is 2.19. The molecule has 0 spiro atoms. The fourth-order valence-corrected chi connectivity index (χ4v) is 2.19. The van der Waals surface area contributed by atoms with Crippen LogP contribution in [0.25, 0.3) is 0 Å². The van der Waals surface area contributed by atoms with Crippen LogP contribution in [-0.4, -0.2) is 19.3 Å². The van der Waals surface area contributed by atoms with Gasteiger partial charge in [-0.1, -0.05) is 44.2 Å². The van der Waals surface area contributed by atoms with Crippen LogP contribution in [0.15, 0.2) is 48.5 Å². The summed E-state index contributed by atoms with van der Waals surface area (Å²) < 4.78 is 17.7. The molecule has 0 saturated heterocycles. The first-order chi connectivity index (χ1) is 11.2. The molecule has 0 aromatic heterocycles. The lowest BCUT2D eigenvalue weighted by atomic mass is 10.2. The first-order valence-electron chi connectivity index (χ1n) is 8.31. The Morgan fingerprint density at radius 2 is 1.43 bits per heavy atom. The number of para-hydroxylation sites is 3. The second kappa shape index (κ2) is 9.09. The minimum absolute atomic E-state index is 0.00957. The molecule has 0 fully saturated rings. The van der Waals surface area contributed by atoms with Gasteiger partial charge in [0.15, 0.2) is 11.5 Å². The smallest absolute Gasteiger partial charge is 0.161 e. The van der Waals surface area contributed by atoms with E-state index in [1.54, 1.807) is 0 Å². The summed E-state index contributed by atoms with van der Waals surface area (Å²) in [6.07, 6.45) is 1.87. The van der Waals surface area contributed by atoms with Gasteiger partial charge in [0.25, 0.3) is 0 Å². The Morgan fingerprint density at radius 3 is 2.04 bits per heavy atom. The molecule has 0 saturated carbocycles. The number of ether oxygens (including phenoxy) is 3. The van der Waals surface area contributed by atoms with E-state index < -0.39 is 0 Å². The van der Waals surface area contributed by atoms with Crippen LogP contribution in [0.5, 0.6) is 17.2 Å². The molecule has 124 valence electrons. The second-order valence-electron chi connectivity index (χ2n) is 5.52. The van der Waals surface area contributed by atoms with Crippen molar-refractivity contribution in [3.05, 3.63) is 54.1 Å². The van der Waals surface area contributed by atoms with E-state index in [1.165, 1.54) is 0 Å². The summed E-state index contributed by atoms with van der Waals surface area (Å²) in [5.74, 6) is 2.48. The molecule has 0 aliphatic rings. The predicted octanol–water partition coefficient (Wildman–Crippen LogP) is 5.02. The predicted molar refractivity (Wildman–Crippen MR) is 93.6 cm³/mol. The SMILES string of the molecule is CCCOc1ccccc1OCC(CC)Oc1ccccc1C. The van der Waals surface area contributed by atoms with Gasteiger partial charge in [-0.15, -0.1) is 0 Å². The molecule has 0 bridgehead atoms. The lowest BCUT2D eigenvalue weighted by Gasteiger charge is -2.20. The highest BCUT2D eigenvalue weighted by molar-refractivity contribution is 5.39. The highest BCUT2D eigenvalue weighted by Gasteiger charge is 2.12. The Balaban J connectivity index is 1.97. The normalized spacial score (nSPS) is 11.8. The Morgan fingerprint density at radius 1 is 0.826 bits per heavy atom. The quantitative estimate of drug-likeness (QED) is 0.650. The Kier molecular flexibility index (Phi) is 6.79. The summed E-state index contributed by atoms with van der Waals surface area (Å²) >= 11 is 0. The van der Waals surface area contributed by atoms with E-state index in [2.05, 4.69) is 26.8 Å².